The lowest BCUT2D eigenvalue weighted by molar-refractivity contribution is 0.798. The van der Waals surface area contributed by atoms with E-state index >= 15 is 0 Å². The summed E-state index contributed by atoms with van der Waals surface area (Å²) in [4.78, 5) is 3.78. The SMILES string of the molecule is Cc1cccc(C(=N)N)c1N(Cc1cccs1)C1CC1. The van der Waals surface area contributed by atoms with Gasteiger partial charge in [0.05, 0.1) is 12.2 Å². The fraction of sp³-hybridized carbons (Fsp3) is 0.312. The number of nitrogens with zero attached hydrogens (tertiary/aromatic N) is 1. The van der Waals surface area contributed by atoms with Crippen LogP contribution in [0.3, 0.4) is 0 Å². The maximum Gasteiger partial charge on any atom is 0.124 e. The smallest absolute Gasteiger partial charge is 0.124 e. The zero-order chi connectivity index (χ0) is 14.1. The van der Waals surface area contributed by atoms with Gasteiger partial charge in [0.1, 0.15) is 5.84 Å². The molecule has 0 bridgehead atoms. The van der Waals surface area contributed by atoms with Gasteiger partial charge in [-0.05, 0) is 42.8 Å². The second kappa shape index (κ2) is 5.29. The first kappa shape index (κ1) is 13.2. The predicted octanol–water partition coefficient (Wildman–Crippen LogP) is 3.51. The third-order valence-electron chi connectivity index (χ3n) is 3.71. The molecule has 2 aromatic rings. The summed E-state index contributed by atoms with van der Waals surface area (Å²) in [5.74, 6) is 0.153. The van der Waals surface area contributed by atoms with E-state index in [9.17, 15) is 0 Å². The number of nitrogen functional groups attached to an aromatic ring is 1. The Morgan fingerprint density at radius 1 is 1.35 bits per heavy atom. The van der Waals surface area contributed by atoms with Gasteiger partial charge in [-0.2, -0.15) is 0 Å². The lowest BCUT2D eigenvalue weighted by atomic mass is 10.1. The Morgan fingerprint density at radius 3 is 2.75 bits per heavy atom. The molecule has 4 heteroatoms. The van der Waals surface area contributed by atoms with E-state index in [1.807, 2.05) is 12.1 Å². The van der Waals surface area contributed by atoms with Gasteiger partial charge >= 0.3 is 0 Å². The number of benzene rings is 1. The molecule has 20 heavy (non-hydrogen) atoms. The molecule has 1 aromatic carbocycles. The van der Waals surface area contributed by atoms with Crippen molar-refractivity contribution in [1.29, 1.82) is 5.41 Å². The molecule has 3 N–H and O–H groups in total. The third kappa shape index (κ3) is 2.56. The molecular weight excluding hydrogens is 266 g/mol. The van der Waals surface area contributed by atoms with Gasteiger partial charge in [-0.1, -0.05) is 18.2 Å². The van der Waals surface area contributed by atoms with Crippen LogP contribution < -0.4 is 10.6 Å². The van der Waals surface area contributed by atoms with E-state index in [1.54, 1.807) is 11.3 Å². The molecule has 1 aliphatic carbocycles. The Hall–Kier alpha value is -1.81. The molecule has 1 aliphatic rings. The van der Waals surface area contributed by atoms with Crippen LogP contribution in [-0.2, 0) is 6.54 Å². The zero-order valence-corrected chi connectivity index (χ0v) is 12.4. The van der Waals surface area contributed by atoms with Crippen molar-refractivity contribution in [2.24, 2.45) is 5.73 Å². The standard InChI is InChI=1S/C16H19N3S/c1-11-4-2-6-14(16(17)18)15(11)19(12-7-8-12)10-13-5-3-9-20-13/h2-6,9,12H,7-8,10H2,1H3,(H3,17,18). The Balaban J connectivity index is 2.01. The van der Waals surface area contributed by atoms with Gasteiger partial charge in [-0.15, -0.1) is 11.3 Å². The number of para-hydroxylation sites is 1. The summed E-state index contributed by atoms with van der Waals surface area (Å²) in [5, 5.41) is 9.95. The van der Waals surface area contributed by atoms with E-state index in [0.29, 0.717) is 6.04 Å². The number of anilines is 1. The van der Waals surface area contributed by atoms with Crippen LogP contribution in [0.4, 0.5) is 5.69 Å². The fourth-order valence-corrected chi connectivity index (χ4v) is 3.31. The quantitative estimate of drug-likeness (QED) is 0.652. The number of amidine groups is 1. The molecule has 3 rings (SSSR count). The molecule has 1 saturated carbocycles. The maximum absolute atomic E-state index is 7.83. The Labute approximate surface area is 123 Å². The summed E-state index contributed by atoms with van der Waals surface area (Å²) < 4.78 is 0. The second-order valence-electron chi connectivity index (χ2n) is 5.32. The average molecular weight is 285 g/mol. The summed E-state index contributed by atoms with van der Waals surface area (Å²) in [6.07, 6.45) is 2.47. The van der Waals surface area contributed by atoms with Crippen molar-refractivity contribution < 1.29 is 0 Å². The highest BCUT2D eigenvalue weighted by Gasteiger charge is 2.31. The Bertz CT molecular complexity index is 615. The van der Waals surface area contributed by atoms with Gasteiger partial charge in [0.2, 0.25) is 0 Å². The summed E-state index contributed by atoms with van der Waals surface area (Å²) in [6, 6.07) is 10.9. The van der Waals surface area contributed by atoms with Crippen LogP contribution in [0.25, 0.3) is 0 Å². The first-order valence-corrected chi connectivity index (χ1v) is 7.78. The number of hydrogen-bond donors (Lipinski definition) is 2. The van der Waals surface area contributed by atoms with E-state index in [2.05, 4.69) is 35.4 Å². The minimum Gasteiger partial charge on any atom is -0.384 e. The number of nitrogens with one attached hydrogen (secondary N) is 1. The van der Waals surface area contributed by atoms with Crippen LogP contribution in [0.5, 0.6) is 0 Å². The molecule has 1 aromatic heterocycles. The molecule has 104 valence electrons. The molecule has 3 nitrogen and oxygen atoms in total. The van der Waals surface area contributed by atoms with Gasteiger partial charge in [-0.3, -0.25) is 5.41 Å². The number of thiophene rings is 1. The lowest BCUT2D eigenvalue weighted by Gasteiger charge is -2.28. The lowest BCUT2D eigenvalue weighted by Crippen LogP contribution is -2.28. The third-order valence-corrected chi connectivity index (χ3v) is 4.57. The van der Waals surface area contributed by atoms with E-state index in [-0.39, 0.29) is 5.84 Å². The van der Waals surface area contributed by atoms with Crippen molar-refractivity contribution in [1.82, 2.24) is 0 Å². The maximum atomic E-state index is 7.83. The summed E-state index contributed by atoms with van der Waals surface area (Å²) in [5.41, 5.74) is 8.96. The summed E-state index contributed by atoms with van der Waals surface area (Å²) in [7, 11) is 0. The highest BCUT2D eigenvalue weighted by molar-refractivity contribution is 7.09. The van der Waals surface area contributed by atoms with Crippen molar-refractivity contribution in [3.05, 3.63) is 51.7 Å². The number of hydrogen-bond acceptors (Lipinski definition) is 3. The van der Waals surface area contributed by atoms with E-state index in [0.717, 1.165) is 17.8 Å². The van der Waals surface area contributed by atoms with Crippen LogP contribution in [-0.4, -0.2) is 11.9 Å². The zero-order valence-electron chi connectivity index (χ0n) is 11.6. The molecule has 0 aliphatic heterocycles. The van der Waals surface area contributed by atoms with Crippen molar-refractivity contribution >= 4 is 22.9 Å². The van der Waals surface area contributed by atoms with Crippen molar-refractivity contribution in [3.8, 4) is 0 Å². The van der Waals surface area contributed by atoms with Crippen molar-refractivity contribution in [3.63, 3.8) is 0 Å². The summed E-state index contributed by atoms with van der Waals surface area (Å²) >= 11 is 1.78. The largest absolute Gasteiger partial charge is 0.384 e. The molecule has 0 saturated heterocycles. The molecule has 0 atom stereocenters. The summed E-state index contributed by atoms with van der Waals surface area (Å²) in [6.45, 7) is 3.01. The highest BCUT2D eigenvalue weighted by Crippen LogP contribution is 2.37. The Morgan fingerprint density at radius 2 is 2.15 bits per heavy atom. The molecule has 1 heterocycles. The van der Waals surface area contributed by atoms with Gasteiger partial charge < -0.3 is 10.6 Å². The normalized spacial score (nSPS) is 14.2. The minimum absolute atomic E-state index is 0.153. The number of aryl methyl sites for hydroxylation is 1. The fourth-order valence-electron chi connectivity index (χ4n) is 2.60. The van der Waals surface area contributed by atoms with Gasteiger partial charge in [0, 0.05) is 16.5 Å². The van der Waals surface area contributed by atoms with E-state index in [1.165, 1.54) is 23.3 Å². The molecule has 0 amide bonds. The molecule has 0 unspecified atom stereocenters. The number of rotatable bonds is 5. The molecular formula is C16H19N3S. The van der Waals surface area contributed by atoms with Crippen LogP contribution >= 0.6 is 11.3 Å². The minimum atomic E-state index is 0.153. The van der Waals surface area contributed by atoms with Crippen LogP contribution in [0.1, 0.15) is 28.8 Å². The van der Waals surface area contributed by atoms with Crippen molar-refractivity contribution in [2.45, 2.75) is 32.4 Å². The van der Waals surface area contributed by atoms with Gasteiger partial charge in [0.15, 0.2) is 0 Å². The van der Waals surface area contributed by atoms with E-state index in [4.69, 9.17) is 11.1 Å². The molecule has 0 radical (unpaired) electrons. The predicted molar refractivity (Wildman–Crippen MR) is 85.7 cm³/mol. The number of nitrogens with two attached hydrogens (primary N) is 1. The molecule has 0 spiro atoms. The highest BCUT2D eigenvalue weighted by atomic mass is 32.1. The van der Waals surface area contributed by atoms with Crippen LogP contribution in [0.2, 0.25) is 0 Å². The first-order chi connectivity index (χ1) is 9.66. The van der Waals surface area contributed by atoms with Crippen LogP contribution in [0, 0.1) is 12.3 Å². The van der Waals surface area contributed by atoms with Gasteiger partial charge in [-0.25, -0.2) is 0 Å². The van der Waals surface area contributed by atoms with Gasteiger partial charge in [0.25, 0.3) is 0 Å². The average Bonchev–Trinajstić information content (AvgIpc) is 3.13. The first-order valence-electron chi connectivity index (χ1n) is 6.90. The van der Waals surface area contributed by atoms with E-state index < -0.39 is 0 Å². The molecule has 1 fully saturated rings. The van der Waals surface area contributed by atoms with Crippen molar-refractivity contribution in [2.75, 3.05) is 4.90 Å². The topological polar surface area (TPSA) is 53.1 Å². The second-order valence-corrected chi connectivity index (χ2v) is 6.36. The monoisotopic (exact) mass is 285 g/mol. The van der Waals surface area contributed by atoms with Crippen LogP contribution in [0.15, 0.2) is 35.7 Å². The Kier molecular flexibility index (Phi) is 3.49.